The van der Waals surface area contributed by atoms with Crippen molar-refractivity contribution in [3.63, 3.8) is 0 Å². The summed E-state index contributed by atoms with van der Waals surface area (Å²) in [6, 6.07) is 22.7. The van der Waals surface area contributed by atoms with Crippen LogP contribution in [0.3, 0.4) is 0 Å². The van der Waals surface area contributed by atoms with E-state index >= 15 is 4.79 Å². The molecule has 14 heteroatoms. The van der Waals surface area contributed by atoms with Crippen LogP contribution >= 0.6 is 0 Å². The highest BCUT2D eigenvalue weighted by Crippen LogP contribution is 2.62. The van der Waals surface area contributed by atoms with Crippen LogP contribution in [0.15, 0.2) is 114 Å². The number of aliphatic hydroxyl groups is 2. The molecule has 4 aromatic rings. The van der Waals surface area contributed by atoms with Gasteiger partial charge >= 0.3 is 0 Å². The molecule has 14 nitrogen and oxygen atoms in total. The molecule has 2 aliphatic heterocycles. The number of aryl methyl sites for hydroxylation is 2. The van der Waals surface area contributed by atoms with E-state index in [9.17, 15) is 20.3 Å². The Balaban J connectivity index is 1.32. The van der Waals surface area contributed by atoms with Gasteiger partial charge in [0.25, 0.3) is 5.69 Å². The molecule has 0 unspecified atom stereocenters. The maximum Gasteiger partial charge on any atom is 0.269 e. The Labute approximate surface area is 391 Å². The van der Waals surface area contributed by atoms with Crippen LogP contribution in [0.2, 0.25) is 0 Å². The Hall–Kier alpha value is -6.48. The van der Waals surface area contributed by atoms with E-state index < -0.39 is 22.7 Å². The zero-order valence-electron chi connectivity index (χ0n) is 38.3. The molecule has 0 aromatic heterocycles. The number of ether oxygens (including phenoxy) is 5. The fourth-order valence-electron chi connectivity index (χ4n) is 10.3. The predicted octanol–water partition coefficient (Wildman–Crippen LogP) is 9.74. The molecule has 352 valence electrons. The molecule has 0 radical (unpaired) electrons. The number of carbonyl (C=O) groups is 1. The smallest absolute Gasteiger partial charge is 0.269 e. The summed E-state index contributed by atoms with van der Waals surface area (Å²) in [7, 11) is 1.51. The number of aliphatic hydroxyl groups excluding tert-OH is 2. The number of oxime groups is 1. The quantitative estimate of drug-likeness (QED) is 0.0284. The second-order valence-electron chi connectivity index (χ2n) is 17.6. The summed E-state index contributed by atoms with van der Waals surface area (Å²) in [5.74, 6) is 0.470. The predicted molar refractivity (Wildman–Crippen MR) is 253 cm³/mol. The van der Waals surface area contributed by atoms with E-state index in [1.165, 1.54) is 25.3 Å². The largest absolute Gasteiger partial charge is 0.459 e. The number of nitro benzene ring substituents is 1. The molecular formula is C53H59N3O11. The fourth-order valence-corrected chi connectivity index (χ4v) is 10.3. The number of hydrogen-bond donors (Lipinski definition) is 2. The van der Waals surface area contributed by atoms with E-state index in [1.807, 2.05) is 48.5 Å². The number of benzene rings is 4. The second-order valence-corrected chi connectivity index (χ2v) is 17.6. The normalized spacial score (nSPS) is 22.9. The lowest BCUT2D eigenvalue weighted by Gasteiger charge is -2.60. The zero-order chi connectivity index (χ0) is 47.1. The zero-order valence-corrected chi connectivity index (χ0v) is 38.3. The van der Waals surface area contributed by atoms with E-state index in [4.69, 9.17) is 33.7 Å². The first kappa shape index (κ1) is 47.0. The SMILES string of the molecule is C=CCO[C@@]12Oc3ccc(Oc4ccc(C)c(C)c4)cc3[C@H]3[C@H](CCCCO)[C@@H](CCCCO)C=C(C(=NOC)C[C@@H]1N(Cc1ccc4c(c1)OCO4)C(=O)C=Cc1ccc([N+](=O)[O-])cc1)[C@H]32. The maximum atomic E-state index is 15.2. The van der Waals surface area contributed by atoms with Crippen molar-refractivity contribution in [2.75, 3.05) is 33.7 Å². The number of hydrogen-bond acceptors (Lipinski definition) is 12. The summed E-state index contributed by atoms with van der Waals surface area (Å²) >= 11 is 0. The molecule has 4 aliphatic rings. The van der Waals surface area contributed by atoms with Crippen LogP contribution in [-0.4, -0.2) is 77.2 Å². The molecule has 0 spiro atoms. The van der Waals surface area contributed by atoms with Gasteiger partial charge in [-0.15, -0.1) is 6.58 Å². The summed E-state index contributed by atoms with van der Waals surface area (Å²) in [4.78, 5) is 33.5. The van der Waals surface area contributed by atoms with Gasteiger partial charge in [0.2, 0.25) is 18.5 Å². The van der Waals surface area contributed by atoms with Gasteiger partial charge < -0.3 is 43.6 Å². The van der Waals surface area contributed by atoms with Gasteiger partial charge in [0, 0.05) is 55.9 Å². The Kier molecular flexibility index (Phi) is 14.7. The second kappa shape index (κ2) is 21.0. The number of amides is 1. The van der Waals surface area contributed by atoms with E-state index in [2.05, 4.69) is 32.6 Å². The Bertz CT molecular complexity index is 2540. The first-order chi connectivity index (χ1) is 32.6. The van der Waals surface area contributed by atoms with Crippen molar-refractivity contribution in [1.29, 1.82) is 0 Å². The maximum absolute atomic E-state index is 15.2. The molecule has 2 N–H and O–H groups in total. The molecule has 2 heterocycles. The topological polar surface area (TPSA) is 172 Å². The number of nitro groups is 1. The summed E-state index contributed by atoms with van der Waals surface area (Å²) in [5, 5.41) is 36.1. The average molecular weight is 914 g/mol. The summed E-state index contributed by atoms with van der Waals surface area (Å²) < 4.78 is 32.6. The number of allylic oxidation sites excluding steroid dienone is 1. The molecule has 6 atom stereocenters. The van der Waals surface area contributed by atoms with Crippen molar-refractivity contribution in [3.8, 4) is 28.7 Å². The van der Waals surface area contributed by atoms with Crippen LogP contribution in [0.1, 0.15) is 78.7 Å². The van der Waals surface area contributed by atoms with Crippen LogP contribution < -0.4 is 18.9 Å². The van der Waals surface area contributed by atoms with Crippen LogP contribution in [0.4, 0.5) is 5.69 Å². The van der Waals surface area contributed by atoms with Crippen LogP contribution in [0.5, 0.6) is 28.7 Å². The van der Waals surface area contributed by atoms with Crippen molar-refractivity contribution in [2.24, 2.45) is 22.9 Å². The van der Waals surface area contributed by atoms with Crippen LogP contribution in [0, 0.1) is 41.7 Å². The molecule has 8 rings (SSSR count). The lowest BCUT2D eigenvalue weighted by molar-refractivity contribution is -0.384. The van der Waals surface area contributed by atoms with Gasteiger partial charge in [-0.25, -0.2) is 0 Å². The van der Waals surface area contributed by atoms with Gasteiger partial charge in [-0.1, -0.05) is 42.3 Å². The monoisotopic (exact) mass is 913 g/mol. The Morgan fingerprint density at radius 2 is 1.66 bits per heavy atom. The highest BCUT2D eigenvalue weighted by atomic mass is 16.7. The highest BCUT2D eigenvalue weighted by Gasteiger charge is 2.65. The first-order valence-electron chi connectivity index (χ1n) is 23.1. The third kappa shape index (κ3) is 9.97. The lowest BCUT2D eigenvalue weighted by Crippen LogP contribution is -2.70. The van der Waals surface area contributed by atoms with Crippen molar-refractivity contribution in [1.82, 2.24) is 4.90 Å². The molecule has 0 bridgehead atoms. The molecule has 1 fully saturated rings. The third-order valence-electron chi connectivity index (χ3n) is 13.5. The number of carbonyl (C=O) groups excluding carboxylic acids is 1. The van der Waals surface area contributed by atoms with E-state index in [0.717, 1.165) is 53.5 Å². The van der Waals surface area contributed by atoms with Gasteiger partial charge in [0.05, 0.1) is 23.2 Å². The molecule has 1 saturated carbocycles. The van der Waals surface area contributed by atoms with Gasteiger partial charge in [0.15, 0.2) is 11.5 Å². The minimum atomic E-state index is -1.51. The lowest BCUT2D eigenvalue weighted by atomic mass is 9.55. The molecule has 4 aromatic carbocycles. The average Bonchev–Trinajstić information content (AvgIpc) is 3.80. The highest BCUT2D eigenvalue weighted by molar-refractivity contribution is 6.03. The van der Waals surface area contributed by atoms with Gasteiger partial charge in [-0.2, -0.15) is 0 Å². The fraction of sp³-hybridized carbons (Fsp3) is 0.396. The number of unbranched alkanes of at least 4 members (excludes halogenated alkanes) is 2. The first-order valence-corrected chi connectivity index (χ1v) is 23.1. The molecule has 67 heavy (non-hydrogen) atoms. The number of rotatable bonds is 20. The number of non-ortho nitro benzene ring substituents is 1. The van der Waals surface area contributed by atoms with Crippen molar-refractivity contribution in [2.45, 2.75) is 83.1 Å². The third-order valence-corrected chi connectivity index (χ3v) is 13.5. The van der Waals surface area contributed by atoms with Gasteiger partial charge in [0.1, 0.15) is 30.4 Å². The number of nitrogens with zero attached hydrogens (tertiary/aromatic N) is 3. The minimum Gasteiger partial charge on any atom is -0.459 e. The molecule has 1 amide bonds. The summed E-state index contributed by atoms with van der Waals surface area (Å²) in [6.45, 7) is 8.59. The Morgan fingerprint density at radius 1 is 0.925 bits per heavy atom. The van der Waals surface area contributed by atoms with Crippen molar-refractivity contribution in [3.05, 3.63) is 147 Å². The van der Waals surface area contributed by atoms with Crippen molar-refractivity contribution < 1.29 is 48.5 Å². The van der Waals surface area contributed by atoms with Crippen LogP contribution in [-0.2, 0) is 20.9 Å². The van der Waals surface area contributed by atoms with Crippen molar-refractivity contribution >= 4 is 23.4 Å². The minimum absolute atomic E-state index is 0.00723. The van der Waals surface area contributed by atoms with E-state index in [0.29, 0.717) is 52.9 Å². The van der Waals surface area contributed by atoms with E-state index in [1.54, 1.807) is 29.2 Å². The standard InChI is InChI=1S/C53H59N3O11/c1-5-26-65-53-49(55(32-37-15-21-47-48(28-37)64-33-63-47)50(59)23-16-36-13-17-39(18-14-36)56(60)61)31-45(54-62-4)43-29-38(10-6-8-24-57)42(11-7-9-25-58)51(52(43)53)44-30-41(20-22-46(44)67-53)66-40-19-12-34(2)35(3)27-40/h5,12-23,27-30,38,42,49,51-52,57-58H,1,6-11,24-26,31-33H2,2-4H3/t38-,42+,49-,51+,52+,53+/m0/s1. The Morgan fingerprint density at radius 3 is 2.39 bits per heavy atom. The molecule has 2 aliphatic carbocycles. The van der Waals surface area contributed by atoms with Crippen LogP contribution in [0.25, 0.3) is 6.08 Å². The van der Waals surface area contributed by atoms with E-state index in [-0.39, 0.29) is 68.9 Å². The summed E-state index contributed by atoms with van der Waals surface area (Å²) in [5.41, 5.74) is 6.07. The summed E-state index contributed by atoms with van der Waals surface area (Å²) in [6.07, 6.45) is 11.7. The van der Waals surface area contributed by atoms with Gasteiger partial charge in [-0.05, 0) is 140 Å². The van der Waals surface area contributed by atoms with Gasteiger partial charge in [-0.3, -0.25) is 14.9 Å². The molecular weight excluding hydrogens is 855 g/mol. The number of fused-ring (bicyclic) bond motifs is 3. The molecule has 0 saturated heterocycles.